The Kier molecular flexibility index (Phi) is 4.64. The predicted molar refractivity (Wildman–Crippen MR) is 95.2 cm³/mol. The van der Waals surface area contributed by atoms with Gasteiger partial charge in [0.25, 0.3) is 0 Å². The Labute approximate surface area is 148 Å². The first kappa shape index (κ1) is 16.6. The van der Waals surface area contributed by atoms with Crippen LogP contribution in [0.2, 0.25) is 4.34 Å². The molecule has 0 unspecified atom stereocenters. The number of carbonyl (C=O) groups excluding carboxylic acids is 2. The van der Waals surface area contributed by atoms with Gasteiger partial charge in [0, 0.05) is 11.1 Å². The molecule has 4 nitrogen and oxygen atoms in total. The van der Waals surface area contributed by atoms with E-state index in [1.165, 1.54) is 0 Å². The number of hydrogen-bond acceptors (Lipinski definition) is 5. The molecule has 0 fully saturated rings. The summed E-state index contributed by atoms with van der Waals surface area (Å²) in [5.41, 5.74) is 2.88. The minimum absolute atomic E-state index is 0.272. The number of benzene rings is 1. The molecule has 2 aromatic heterocycles. The van der Waals surface area contributed by atoms with Crippen molar-refractivity contribution in [3.05, 3.63) is 62.4 Å². The smallest absolute Gasteiger partial charge is 0.339 e. The zero-order valence-electron chi connectivity index (χ0n) is 13.1. The lowest BCUT2D eigenvalue weighted by Gasteiger charge is -2.08. The Hall–Kier alpha value is -2.24. The number of esters is 1. The van der Waals surface area contributed by atoms with Crippen LogP contribution in [-0.2, 0) is 4.74 Å². The number of nitrogens with zero attached hydrogens (tertiary/aromatic N) is 1. The molecule has 0 aliphatic carbocycles. The molecule has 1 aromatic carbocycles. The molecule has 0 aliphatic heterocycles. The van der Waals surface area contributed by atoms with Gasteiger partial charge in [-0.15, -0.1) is 11.3 Å². The van der Waals surface area contributed by atoms with Crippen molar-refractivity contribution in [2.75, 3.05) is 6.61 Å². The van der Waals surface area contributed by atoms with Crippen LogP contribution in [0.15, 0.2) is 36.4 Å². The van der Waals surface area contributed by atoms with Gasteiger partial charge in [-0.05, 0) is 44.2 Å². The molecule has 6 heteroatoms. The number of hydrogen-bond donors (Lipinski definition) is 0. The van der Waals surface area contributed by atoms with Gasteiger partial charge in [-0.2, -0.15) is 0 Å². The van der Waals surface area contributed by atoms with Crippen molar-refractivity contribution in [2.45, 2.75) is 13.8 Å². The van der Waals surface area contributed by atoms with E-state index in [1.54, 1.807) is 18.2 Å². The molecule has 0 saturated carbocycles. The first-order valence-corrected chi connectivity index (χ1v) is 8.47. The molecule has 122 valence electrons. The van der Waals surface area contributed by atoms with Crippen LogP contribution in [0, 0.1) is 13.8 Å². The lowest BCUT2D eigenvalue weighted by Crippen LogP contribution is -2.14. The van der Waals surface area contributed by atoms with Crippen LogP contribution in [0.5, 0.6) is 0 Å². The van der Waals surface area contributed by atoms with E-state index in [1.807, 2.05) is 32.0 Å². The number of ketones is 1. The summed E-state index contributed by atoms with van der Waals surface area (Å²) in [4.78, 5) is 29.4. The number of carbonyl (C=O) groups is 2. The standard InChI is InChI=1S/C18H14ClNO3S/c1-10-3-4-14-12(7-10)13(8-11(2)20-14)18(22)23-9-15(21)16-5-6-17(19)24-16/h3-8H,9H2,1-2H3. The van der Waals surface area contributed by atoms with Crippen LogP contribution >= 0.6 is 22.9 Å². The maximum Gasteiger partial charge on any atom is 0.339 e. The molecule has 0 bridgehead atoms. The SMILES string of the molecule is Cc1ccc2nc(C)cc(C(=O)OCC(=O)c3ccc(Cl)s3)c2c1. The van der Waals surface area contributed by atoms with E-state index in [-0.39, 0.29) is 12.4 Å². The normalized spacial score (nSPS) is 10.8. The van der Waals surface area contributed by atoms with Crippen molar-refractivity contribution in [1.29, 1.82) is 0 Å². The van der Waals surface area contributed by atoms with Crippen molar-refractivity contribution in [2.24, 2.45) is 0 Å². The van der Waals surface area contributed by atoms with Crippen molar-refractivity contribution in [3.8, 4) is 0 Å². The zero-order valence-corrected chi connectivity index (χ0v) is 14.7. The molecule has 0 N–H and O–H groups in total. The van der Waals surface area contributed by atoms with E-state index in [0.29, 0.717) is 14.8 Å². The van der Waals surface area contributed by atoms with Crippen LogP contribution in [0.4, 0.5) is 0 Å². The Morgan fingerprint density at radius 2 is 1.96 bits per heavy atom. The first-order valence-electron chi connectivity index (χ1n) is 7.28. The summed E-state index contributed by atoms with van der Waals surface area (Å²) in [6.07, 6.45) is 0. The lowest BCUT2D eigenvalue weighted by molar-refractivity contribution is 0.0477. The molecule has 0 saturated heterocycles. The summed E-state index contributed by atoms with van der Waals surface area (Å²) in [7, 11) is 0. The fraction of sp³-hybridized carbons (Fsp3) is 0.167. The molecule has 0 amide bonds. The van der Waals surface area contributed by atoms with Gasteiger partial charge < -0.3 is 4.74 Å². The molecule has 24 heavy (non-hydrogen) atoms. The van der Waals surface area contributed by atoms with E-state index in [4.69, 9.17) is 16.3 Å². The Morgan fingerprint density at radius 3 is 2.67 bits per heavy atom. The first-order chi connectivity index (χ1) is 11.4. The maximum atomic E-state index is 12.4. The van der Waals surface area contributed by atoms with Crippen molar-refractivity contribution >= 4 is 45.6 Å². The van der Waals surface area contributed by atoms with Crippen LogP contribution in [0.3, 0.4) is 0 Å². The second-order valence-corrected chi connectivity index (χ2v) is 7.15. The lowest BCUT2D eigenvalue weighted by atomic mass is 10.1. The summed E-state index contributed by atoms with van der Waals surface area (Å²) in [6, 6.07) is 10.6. The Balaban J connectivity index is 1.83. The number of ether oxygens (including phenoxy) is 1. The largest absolute Gasteiger partial charge is 0.454 e. The van der Waals surface area contributed by atoms with Crippen molar-refractivity contribution in [3.63, 3.8) is 0 Å². The zero-order chi connectivity index (χ0) is 17.3. The number of pyridine rings is 1. The molecule has 0 atom stereocenters. The van der Waals surface area contributed by atoms with Gasteiger partial charge in [-0.1, -0.05) is 23.2 Å². The van der Waals surface area contributed by atoms with Gasteiger partial charge in [0.2, 0.25) is 5.78 Å². The average molecular weight is 360 g/mol. The Bertz CT molecular complexity index is 949. The third-order valence-electron chi connectivity index (χ3n) is 3.49. The highest BCUT2D eigenvalue weighted by Gasteiger charge is 2.16. The fourth-order valence-corrected chi connectivity index (χ4v) is 3.35. The molecule has 3 rings (SSSR count). The molecular weight excluding hydrogens is 346 g/mol. The third-order valence-corrected chi connectivity index (χ3v) is 4.77. The molecular formula is C18H14ClNO3S. The summed E-state index contributed by atoms with van der Waals surface area (Å²) in [6.45, 7) is 3.44. The van der Waals surface area contributed by atoms with E-state index < -0.39 is 5.97 Å². The van der Waals surface area contributed by atoms with Gasteiger partial charge in [-0.3, -0.25) is 9.78 Å². The summed E-state index contributed by atoms with van der Waals surface area (Å²) >= 11 is 6.98. The van der Waals surface area contributed by atoms with E-state index in [9.17, 15) is 9.59 Å². The van der Waals surface area contributed by atoms with E-state index >= 15 is 0 Å². The molecule has 2 heterocycles. The highest BCUT2D eigenvalue weighted by molar-refractivity contribution is 7.18. The van der Waals surface area contributed by atoms with Gasteiger partial charge in [0.1, 0.15) is 0 Å². The number of aromatic nitrogens is 1. The average Bonchev–Trinajstić information content (AvgIpc) is 2.98. The predicted octanol–water partition coefficient (Wildman–Crippen LogP) is 4.61. The van der Waals surface area contributed by atoms with Gasteiger partial charge in [0.15, 0.2) is 6.61 Å². The second kappa shape index (κ2) is 6.71. The number of fused-ring (bicyclic) bond motifs is 1. The molecule has 0 radical (unpaired) electrons. The quantitative estimate of drug-likeness (QED) is 0.504. The summed E-state index contributed by atoms with van der Waals surface area (Å²) in [5, 5.41) is 0.720. The van der Waals surface area contributed by atoms with Crippen LogP contribution in [-0.4, -0.2) is 23.3 Å². The van der Waals surface area contributed by atoms with Gasteiger partial charge in [0.05, 0.1) is 20.3 Å². The third kappa shape index (κ3) is 3.47. The van der Waals surface area contributed by atoms with E-state index in [0.717, 1.165) is 33.5 Å². The van der Waals surface area contributed by atoms with E-state index in [2.05, 4.69) is 4.98 Å². The number of halogens is 1. The molecule has 0 spiro atoms. The number of thiophene rings is 1. The van der Waals surface area contributed by atoms with Crippen molar-refractivity contribution < 1.29 is 14.3 Å². The van der Waals surface area contributed by atoms with Gasteiger partial charge in [-0.25, -0.2) is 4.79 Å². The molecule has 0 aliphatic rings. The van der Waals surface area contributed by atoms with Crippen LogP contribution in [0.25, 0.3) is 10.9 Å². The molecule has 3 aromatic rings. The number of rotatable bonds is 4. The maximum absolute atomic E-state index is 12.4. The van der Waals surface area contributed by atoms with Crippen molar-refractivity contribution in [1.82, 2.24) is 4.98 Å². The monoisotopic (exact) mass is 359 g/mol. The highest BCUT2D eigenvalue weighted by Crippen LogP contribution is 2.23. The summed E-state index contributed by atoms with van der Waals surface area (Å²) < 4.78 is 5.73. The fourth-order valence-electron chi connectivity index (χ4n) is 2.39. The summed E-state index contributed by atoms with van der Waals surface area (Å²) in [5.74, 6) is -0.807. The second-order valence-electron chi connectivity index (χ2n) is 5.43. The minimum atomic E-state index is -0.535. The van der Waals surface area contributed by atoms with Crippen LogP contribution < -0.4 is 0 Å². The van der Waals surface area contributed by atoms with Gasteiger partial charge >= 0.3 is 5.97 Å². The highest BCUT2D eigenvalue weighted by atomic mass is 35.5. The topological polar surface area (TPSA) is 56.3 Å². The number of aryl methyl sites for hydroxylation is 2. The Morgan fingerprint density at radius 1 is 1.17 bits per heavy atom. The minimum Gasteiger partial charge on any atom is -0.454 e. The van der Waals surface area contributed by atoms with Crippen LogP contribution in [0.1, 0.15) is 31.3 Å². The number of Topliss-reactive ketones (excluding diaryl/α,β-unsaturated/α-hetero) is 1.